The number of nitrogens with zero attached hydrogens (tertiary/aromatic N) is 1. The Bertz CT molecular complexity index is 291. The second-order valence-electron chi connectivity index (χ2n) is 2.15. The fourth-order valence-electron chi connectivity index (χ4n) is 0.974. The zero-order valence-corrected chi connectivity index (χ0v) is 6.80. The highest BCUT2D eigenvalue weighted by Gasteiger charge is 2.04. The molecule has 1 nitrogen and oxygen atoms in total. The van der Waals surface area contributed by atoms with Crippen molar-refractivity contribution in [2.45, 2.75) is 0 Å². The maximum atomic E-state index is 4.14. The van der Waals surface area contributed by atoms with E-state index >= 15 is 0 Å². The molecule has 0 saturated carbocycles. The monoisotopic (exact) mass is 194 g/mol. The summed E-state index contributed by atoms with van der Waals surface area (Å²) in [4.78, 5) is 0. The van der Waals surface area contributed by atoms with E-state index in [2.05, 4.69) is 27.3 Å². The van der Waals surface area contributed by atoms with Gasteiger partial charge in [0, 0.05) is 16.2 Å². The molecule has 0 aliphatic carbocycles. The van der Waals surface area contributed by atoms with Crippen LogP contribution in [0, 0.1) is 0 Å². The summed E-state index contributed by atoms with van der Waals surface area (Å²) in [6, 6.07) is 6.05. The highest BCUT2D eigenvalue weighted by molar-refractivity contribution is 9.10. The van der Waals surface area contributed by atoms with Crippen LogP contribution in [0.25, 0.3) is 6.08 Å². The Balaban J connectivity index is 2.60. The van der Waals surface area contributed by atoms with Crippen molar-refractivity contribution >= 4 is 27.7 Å². The van der Waals surface area contributed by atoms with E-state index in [0.29, 0.717) is 0 Å². The fourth-order valence-corrected chi connectivity index (χ4v) is 1.35. The number of rotatable bonds is 0. The van der Waals surface area contributed by atoms with E-state index in [4.69, 9.17) is 0 Å². The highest BCUT2D eigenvalue weighted by Crippen LogP contribution is 2.25. The molecular weight excluding hydrogens is 190 g/mol. The molecule has 0 saturated heterocycles. The van der Waals surface area contributed by atoms with Crippen molar-refractivity contribution in [3.05, 3.63) is 34.4 Å². The summed E-state index contributed by atoms with van der Waals surface area (Å²) in [5.41, 5.74) is 2.25. The SMILES string of the molecule is Brc1ccc2c(c1)C=C[N]2. The Hall–Kier alpha value is -0.760. The van der Waals surface area contributed by atoms with Crippen LogP contribution in [0.15, 0.2) is 28.9 Å². The molecule has 1 heterocycles. The minimum Gasteiger partial charge on any atom is -0.256 e. The molecule has 1 aliphatic rings. The summed E-state index contributed by atoms with van der Waals surface area (Å²) in [6.07, 6.45) is 3.82. The lowest BCUT2D eigenvalue weighted by molar-refractivity contribution is 1.22. The average Bonchev–Trinajstić information content (AvgIpc) is 2.33. The summed E-state index contributed by atoms with van der Waals surface area (Å²) in [6.45, 7) is 0. The lowest BCUT2D eigenvalue weighted by Gasteiger charge is -1.95. The minimum absolute atomic E-state index is 1.06. The van der Waals surface area contributed by atoms with Crippen molar-refractivity contribution in [2.24, 2.45) is 0 Å². The molecule has 2 rings (SSSR count). The third-order valence-electron chi connectivity index (χ3n) is 1.46. The molecule has 1 radical (unpaired) electrons. The molecule has 49 valence electrons. The van der Waals surface area contributed by atoms with Crippen LogP contribution in [0.5, 0.6) is 0 Å². The van der Waals surface area contributed by atoms with Gasteiger partial charge in [0.2, 0.25) is 0 Å². The molecule has 2 heteroatoms. The van der Waals surface area contributed by atoms with Crippen molar-refractivity contribution in [1.82, 2.24) is 5.32 Å². The van der Waals surface area contributed by atoms with Gasteiger partial charge in [-0.05, 0) is 24.3 Å². The van der Waals surface area contributed by atoms with Crippen LogP contribution in [0.2, 0.25) is 0 Å². The first kappa shape index (κ1) is 5.98. The average molecular weight is 195 g/mol. The first-order valence-corrected chi connectivity index (χ1v) is 3.82. The van der Waals surface area contributed by atoms with Crippen LogP contribution >= 0.6 is 15.9 Å². The van der Waals surface area contributed by atoms with Gasteiger partial charge in [-0.1, -0.05) is 15.9 Å². The number of halogens is 1. The normalized spacial score (nSPS) is 12.9. The summed E-state index contributed by atoms with van der Waals surface area (Å²) in [5, 5.41) is 4.14. The van der Waals surface area contributed by atoms with Gasteiger partial charge >= 0.3 is 0 Å². The van der Waals surface area contributed by atoms with Gasteiger partial charge in [0.1, 0.15) is 0 Å². The largest absolute Gasteiger partial charge is 0.256 e. The smallest absolute Gasteiger partial charge is 0.0703 e. The van der Waals surface area contributed by atoms with Gasteiger partial charge < -0.3 is 0 Å². The molecule has 0 aromatic heterocycles. The molecular formula is C8H5BrN. The summed E-state index contributed by atoms with van der Waals surface area (Å²) in [7, 11) is 0. The Labute approximate surface area is 67.9 Å². The van der Waals surface area contributed by atoms with Crippen LogP contribution in [-0.4, -0.2) is 0 Å². The maximum absolute atomic E-state index is 4.14. The highest BCUT2D eigenvalue weighted by atomic mass is 79.9. The van der Waals surface area contributed by atoms with E-state index in [9.17, 15) is 0 Å². The minimum atomic E-state index is 1.06. The molecule has 0 fully saturated rings. The van der Waals surface area contributed by atoms with E-state index < -0.39 is 0 Å². The van der Waals surface area contributed by atoms with Gasteiger partial charge in [-0.25, -0.2) is 0 Å². The first-order valence-electron chi connectivity index (χ1n) is 3.03. The van der Waals surface area contributed by atoms with Crippen molar-refractivity contribution in [3.8, 4) is 0 Å². The third kappa shape index (κ3) is 0.847. The predicted octanol–water partition coefficient (Wildman–Crippen LogP) is 2.67. The second kappa shape index (κ2) is 2.13. The van der Waals surface area contributed by atoms with Gasteiger partial charge in [0.25, 0.3) is 0 Å². The molecule has 1 aromatic rings. The van der Waals surface area contributed by atoms with Crippen molar-refractivity contribution in [3.63, 3.8) is 0 Å². The van der Waals surface area contributed by atoms with Gasteiger partial charge in [-0.15, -0.1) is 0 Å². The molecule has 0 spiro atoms. The summed E-state index contributed by atoms with van der Waals surface area (Å²) < 4.78 is 1.10. The van der Waals surface area contributed by atoms with E-state index in [1.165, 1.54) is 5.56 Å². The molecule has 1 aromatic carbocycles. The predicted molar refractivity (Wildman–Crippen MR) is 45.0 cm³/mol. The molecule has 0 bridgehead atoms. The molecule has 0 amide bonds. The Morgan fingerprint density at radius 3 is 3.10 bits per heavy atom. The van der Waals surface area contributed by atoms with Crippen LogP contribution < -0.4 is 5.32 Å². The maximum Gasteiger partial charge on any atom is 0.0703 e. The van der Waals surface area contributed by atoms with Crippen LogP contribution in [0.1, 0.15) is 5.56 Å². The zero-order valence-electron chi connectivity index (χ0n) is 5.21. The number of hydrogen-bond donors (Lipinski definition) is 0. The van der Waals surface area contributed by atoms with Crippen LogP contribution in [0.3, 0.4) is 0 Å². The van der Waals surface area contributed by atoms with Crippen molar-refractivity contribution in [2.75, 3.05) is 0 Å². The van der Waals surface area contributed by atoms with E-state index in [-0.39, 0.29) is 0 Å². The lowest BCUT2D eigenvalue weighted by atomic mass is 10.2. The van der Waals surface area contributed by atoms with Gasteiger partial charge in [-0.3, -0.25) is 5.32 Å². The van der Waals surface area contributed by atoms with E-state index in [1.54, 1.807) is 0 Å². The Kier molecular flexibility index (Phi) is 1.27. The number of hydrogen-bond acceptors (Lipinski definition) is 0. The fraction of sp³-hybridized carbons (Fsp3) is 0. The van der Waals surface area contributed by atoms with Crippen molar-refractivity contribution in [1.29, 1.82) is 0 Å². The van der Waals surface area contributed by atoms with Crippen LogP contribution in [0.4, 0.5) is 5.69 Å². The molecule has 1 aliphatic heterocycles. The topological polar surface area (TPSA) is 14.1 Å². The number of benzene rings is 1. The van der Waals surface area contributed by atoms with Gasteiger partial charge in [-0.2, -0.15) is 0 Å². The molecule has 0 unspecified atom stereocenters. The first-order chi connectivity index (χ1) is 4.86. The lowest BCUT2D eigenvalue weighted by Crippen LogP contribution is -1.79. The molecule has 10 heavy (non-hydrogen) atoms. The van der Waals surface area contributed by atoms with E-state index in [0.717, 1.165) is 10.2 Å². The Morgan fingerprint density at radius 1 is 1.30 bits per heavy atom. The second-order valence-corrected chi connectivity index (χ2v) is 3.06. The molecule has 0 N–H and O–H groups in total. The molecule has 0 atom stereocenters. The summed E-state index contributed by atoms with van der Waals surface area (Å²) in [5.74, 6) is 0. The quantitative estimate of drug-likeness (QED) is 0.604. The third-order valence-corrected chi connectivity index (χ3v) is 1.95. The van der Waals surface area contributed by atoms with Gasteiger partial charge in [0.05, 0.1) is 5.69 Å². The number of fused-ring (bicyclic) bond motifs is 1. The zero-order chi connectivity index (χ0) is 6.97. The summed E-state index contributed by atoms with van der Waals surface area (Å²) >= 11 is 3.39. The van der Waals surface area contributed by atoms with E-state index in [1.807, 2.05) is 24.4 Å². The van der Waals surface area contributed by atoms with Crippen molar-refractivity contribution < 1.29 is 0 Å². The van der Waals surface area contributed by atoms with Gasteiger partial charge in [0.15, 0.2) is 0 Å². The standard InChI is InChI=1S/C8H5BrN/c9-7-1-2-8-6(5-7)3-4-10-8/h1-5H. The Morgan fingerprint density at radius 2 is 2.20 bits per heavy atom. The van der Waals surface area contributed by atoms with Crippen LogP contribution in [-0.2, 0) is 0 Å².